The summed E-state index contributed by atoms with van der Waals surface area (Å²) < 4.78 is 3.01. The third-order valence-corrected chi connectivity index (χ3v) is 3.64. The van der Waals surface area contributed by atoms with Crippen LogP contribution in [-0.4, -0.2) is 14.8 Å². The van der Waals surface area contributed by atoms with Crippen molar-refractivity contribution >= 4 is 12.2 Å². The molecule has 1 fully saturated rings. The van der Waals surface area contributed by atoms with Gasteiger partial charge in [-0.3, -0.25) is 5.10 Å². The molecular weight excluding hydrogens is 206 g/mol. The second-order valence-corrected chi connectivity index (χ2v) is 4.84. The fraction of sp³-hybridized carbons (Fsp3) is 0.818. The highest BCUT2D eigenvalue weighted by Gasteiger charge is 2.29. The number of hydrogen-bond donors (Lipinski definition) is 1. The van der Waals surface area contributed by atoms with E-state index in [9.17, 15) is 0 Å². The standard InChI is InChI=1S/C11H19N3S/c1-3-8(4-2)7-14-10(9-5-6-9)12-13-11(14)15/h8-9H,3-7H2,1-2H3,(H,13,15). The van der Waals surface area contributed by atoms with Crippen LogP contribution in [0.5, 0.6) is 0 Å². The molecule has 2 rings (SSSR count). The van der Waals surface area contributed by atoms with Crippen molar-refractivity contribution in [3.05, 3.63) is 10.6 Å². The predicted octanol–water partition coefficient (Wildman–Crippen LogP) is 3.25. The van der Waals surface area contributed by atoms with Crippen LogP contribution in [0.1, 0.15) is 51.3 Å². The summed E-state index contributed by atoms with van der Waals surface area (Å²) in [5.74, 6) is 2.59. The summed E-state index contributed by atoms with van der Waals surface area (Å²) >= 11 is 5.28. The molecule has 0 amide bonds. The van der Waals surface area contributed by atoms with Gasteiger partial charge in [-0.25, -0.2) is 0 Å². The van der Waals surface area contributed by atoms with Gasteiger partial charge in [0.1, 0.15) is 5.82 Å². The summed E-state index contributed by atoms with van der Waals surface area (Å²) in [6, 6.07) is 0. The average Bonchev–Trinajstić information content (AvgIpc) is 3.02. The minimum atomic E-state index is 0.673. The minimum absolute atomic E-state index is 0.673. The van der Waals surface area contributed by atoms with Crippen molar-refractivity contribution < 1.29 is 0 Å². The summed E-state index contributed by atoms with van der Waals surface area (Å²) in [5, 5.41) is 7.27. The molecule has 1 aliphatic rings. The Bertz CT molecular complexity index is 371. The second kappa shape index (κ2) is 4.47. The van der Waals surface area contributed by atoms with Gasteiger partial charge in [0.25, 0.3) is 0 Å². The first-order chi connectivity index (χ1) is 7.26. The zero-order valence-electron chi connectivity index (χ0n) is 9.49. The van der Waals surface area contributed by atoms with Crippen LogP contribution in [0, 0.1) is 10.7 Å². The van der Waals surface area contributed by atoms with Gasteiger partial charge in [0.2, 0.25) is 0 Å². The number of H-pyrrole nitrogens is 1. The summed E-state index contributed by atoms with van der Waals surface area (Å²) in [4.78, 5) is 0. The van der Waals surface area contributed by atoms with Gasteiger partial charge in [0.15, 0.2) is 4.77 Å². The lowest BCUT2D eigenvalue weighted by Crippen LogP contribution is -2.11. The summed E-state index contributed by atoms with van der Waals surface area (Å²) in [7, 11) is 0. The van der Waals surface area contributed by atoms with E-state index in [1.807, 2.05) is 0 Å². The first-order valence-electron chi connectivity index (χ1n) is 5.91. The topological polar surface area (TPSA) is 33.6 Å². The first kappa shape index (κ1) is 10.9. The molecule has 1 aromatic heterocycles. The summed E-state index contributed by atoms with van der Waals surface area (Å²) in [5.41, 5.74) is 0. The predicted molar refractivity (Wildman–Crippen MR) is 63.5 cm³/mol. The molecule has 0 radical (unpaired) electrons. The monoisotopic (exact) mass is 225 g/mol. The molecule has 1 saturated carbocycles. The lowest BCUT2D eigenvalue weighted by atomic mass is 10.0. The van der Waals surface area contributed by atoms with Crippen LogP contribution in [0.25, 0.3) is 0 Å². The summed E-state index contributed by atoms with van der Waals surface area (Å²) in [6.45, 7) is 5.53. The van der Waals surface area contributed by atoms with Crippen molar-refractivity contribution in [2.45, 2.75) is 52.0 Å². The normalized spacial score (nSPS) is 16.2. The number of rotatable bonds is 5. The molecule has 1 aliphatic carbocycles. The van der Waals surface area contributed by atoms with Crippen molar-refractivity contribution in [1.29, 1.82) is 0 Å². The van der Waals surface area contributed by atoms with Gasteiger partial charge in [-0.05, 0) is 31.0 Å². The Kier molecular flexibility index (Phi) is 3.24. The van der Waals surface area contributed by atoms with Crippen LogP contribution in [0.3, 0.4) is 0 Å². The van der Waals surface area contributed by atoms with Crippen LogP contribution in [0.4, 0.5) is 0 Å². The molecule has 0 unspecified atom stereocenters. The highest BCUT2D eigenvalue weighted by Crippen LogP contribution is 2.39. The number of aromatic amines is 1. The smallest absolute Gasteiger partial charge is 0.195 e. The molecule has 4 heteroatoms. The largest absolute Gasteiger partial charge is 0.304 e. The molecular formula is C11H19N3S. The van der Waals surface area contributed by atoms with Crippen LogP contribution >= 0.6 is 12.2 Å². The molecule has 0 aliphatic heterocycles. The second-order valence-electron chi connectivity index (χ2n) is 4.45. The Balaban J connectivity index is 2.18. The Morgan fingerprint density at radius 2 is 2.13 bits per heavy atom. The van der Waals surface area contributed by atoms with Gasteiger partial charge in [-0.15, -0.1) is 0 Å². The van der Waals surface area contributed by atoms with Gasteiger partial charge in [-0.1, -0.05) is 26.7 Å². The zero-order valence-corrected chi connectivity index (χ0v) is 10.3. The molecule has 1 heterocycles. The van der Waals surface area contributed by atoms with Crippen molar-refractivity contribution in [3.8, 4) is 0 Å². The van der Waals surface area contributed by atoms with Crippen LogP contribution in [-0.2, 0) is 6.54 Å². The Morgan fingerprint density at radius 3 is 2.67 bits per heavy atom. The van der Waals surface area contributed by atoms with E-state index in [0.717, 1.165) is 17.2 Å². The molecule has 84 valence electrons. The molecule has 0 atom stereocenters. The van der Waals surface area contributed by atoms with Crippen LogP contribution in [0.15, 0.2) is 0 Å². The highest BCUT2D eigenvalue weighted by molar-refractivity contribution is 7.71. The molecule has 1 N–H and O–H groups in total. The first-order valence-corrected chi connectivity index (χ1v) is 6.32. The molecule has 1 aromatic rings. The van der Waals surface area contributed by atoms with E-state index >= 15 is 0 Å². The van der Waals surface area contributed by atoms with Crippen molar-refractivity contribution in [3.63, 3.8) is 0 Å². The lowest BCUT2D eigenvalue weighted by molar-refractivity contribution is 0.408. The molecule has 3 nitrogen and oxygen atoms in total. The fourth-order valence-corrected chi connectivity index (χ4v) is 2.18. The lowest BCUT2D eigenvalue weighted by Gasteiger charge is -2.14. The number of nitrogens with one attached hydrogen (secondary N) is 1. The van der Waals surface area contributed by atoms with E-state index in [2.05, 4.69) is 28.6 Å². The Hall–Kier alpha value is -0.640. The number of aromatic nitrogens is 3. The maximum absolute atomic E-state index is 5.28. The third-order valence-electron chi connectivity index (χ3n) is 3.33. The van der Waals surface area contributed by atoms with E-state index in [1.165, 1.54) is 31.5 Å². The maximum Gasteiger partial charge on any atom is 0.195 e. The summed E-state index contributed by atoms with van der Waals surface area (Å²) in [6.07, 6.45) is 4.99. The molecule has 0 bridgehead atoms. The van der Waals surface area contributed by atoms with E-state index in [-0.39, 0.29) is 0 Å². The SMILES string of the molecule is CCC(CC)Cn1c(C2CC2)n[nH]c1=S. The van der Waals surface area contributed by atoms with E-state index < -0.39 is 0 Å². The zero-order chi connectivity index (χ0) is 10.8. The third kappa shape index (κ3) is 2.30. The Morgan fingerprint density at radius 1 is 1.47 bits per heavy atom. The number of nitrogens with zero attached hydrogens (tertiary/aromatic N) is 2. The van der Waals surface area contributed by atoms with Crippen molar-refractivity contribution in [1.82, 2.24) is 14.8 Å². The van der Waals surface area contributed by atoms with E-state index in [0.29, 0.717) is 5.92 Å². The van der Waals surface area contributed by atoms with Gasteiger partial charge in [-0.2, -0.15) is 5.10 Å². The van der Waals surface area contributed by atoms with E-state index in [1.54, 1.807) is 0 Å². The number of hydrogen-bond acceptors (Lipinski definition) is 2. The molecule has 0 saturated heterocycles. The Labute approximate surface area is 95.9 Å². The van der Waals surface area contributed by atoms with Gasteiger partial charge >= 0.3 is 0 Å². The van der Waals surface area contributed by atoms with Gasteiger partial charge in [0, 0.05) is 12.5 Å². The average molecular weight is 225 g/mol. The molecule has 0 aromatic carbocycles. The van der Waals surface area contributed by atoms with Crippen molar-refractivity contribution in [2.24, 2.45) is 5.92 Å². The van der Waals surface area contributed by atoms with Crippen LogP contribution < -0.4 is 0 Å². The van der Waals surface area contributed by atoms with Gasteiger partial charge in [0.05, 0.1) is 0 Å². The van der Waals surface area contributed by atoms with Gasteiger partial charge < -0.3 is 4.57 Å². The van der Waals surface area contributed by atoms with Crippen molar-refractivity contribution in [2.75, 3.05) is 0 Å². The molecule has 15 heavy (non-hydrogen) atoms. The van der Waals surface area contributed by atoms with Crippen LogP contribution in [0.2, 0.25) is 0 Å². The quantitative estimate of drug-likeness (QED) is 0.780. The maximum atomic E-state index is 5.28. The minimum Gasteiger partial charge on any atom is -0.304 e. The van der Waals surface area contributed by atoms with E-state index in [4.69, 9.17) is 12.2 Å². The highest BCUT2D eigenvalue weighted by atomic mass is 32.1. The molecule has 0 spiro atoms. The fourth-order valence-electron chi connectivity index (χ4n) is 1.96.